The van der Waals surface area contributed by atoms with Gasteiger partial charge in [-0.1, -0.05) is 27.7 Å². The lowest BCUT2D eigenvalue weighted by molar-refractivity contribution is -1.92. The average Bonchev–Trinajstić information content (AvgIpc) is 2.98. The smallest absolute Gasteiger partial charge is 0.0777 e. The van der Waals surface area contributed by atoms with E-state index in [9.17, 15) is 0 Å². The summed E-state index contributed by atoms with van der Waals surface area (Å²) >= 11 is 0. The SMILES string of the molecule is CN1[C@H]2C[C@H]3N(C)[C@H]4C[C@@H]1C(C)(C)[C@@]2(CN1CCOCC1)[C@@]4(CN1CCOCC1)C3(C)C.[O-][Cl+3]([O-])([O-])O. The average molecular weight is 547 g/mol. The van der Waals surface area contributed by atoms with Gasteiger partial charge in [-0.15, -0.1) is 0 Å². The van der Waals surface area contributed by atoms with Crippen molar-refractivity contribution in [2.75, 3.05) is 79.8 Å². The topological polar surface area (TPSA) is 121 Å². The van der Waals surface area contributed by atoms with Gasteiger partial charge in [0.1, 0.15) is 0 Å². The molecule has 0 aromatic rings. The Bertz CT molecular complexity index is 777. The minimum atomic E-state index is -4.69. The van der Waals surface area contributed by atoms with Crippen LogP contribution in [0.25, 0.3) is 0 Å². The number of morpholine rings is 2. The zero-order valence-corrected chi connectivity index (χ0v) is 24.2. The van der Waals surface area contributed by atoms with Crippen LogP contribution in [-0.4, -0.2) is 128 Å². The van der Waals surface area contributed by atoms with Crippen LogP contribution in [0.4, 0.5) is 0 Å². The molecule has 4 bridgehead atoms. The normalized spacial score (nSPS) is 43.6. The number of likely N-dealkylation sites (tertiary alicyclic amines) is 2. The van der Waals surface area contributed by atoms with Crippen molar-refractivity contribution < 1.29 is 38.4 Å². The maximum absolute atomic E-state index is 8.60. The first-order valence-corrected chi connectivity index (χ1v) is 15.1. The monoisotopic (exact) mass is 546 g/mol. The summed E-state index contributed by atoms with van der Waals surface area (Å²) in [5, 5.41) is 0. The lowest BCUT2D eigenvalue weighted by Gasteiger charge is -2.69. The van der Waals surface area contributed by atoms with Gasteiger partial charge in [0.25, 0.3) is 0 Å². The van der Waals surface area contributed by atoms with Crippen LogP contribution in [0.2, 0.25) is 0 Å². The van der Waals surface area contributed by atoms with E-state index in [1.54, 1.807) is 0 Å². The molecular formula is C26H47ClN4O6. The van der Waals surface area contributed by atoms with Gasteiger partial charge in [-0.25, -0.2) is 0 Å². The molecule has 6 aliphatic rings. The van der Waals surface area contributed by atoms with Gasteiger partial charge in [0, 0.05) is 74.3 Å². The number of fused-ring (bicyclic) bond motifs is 2. The van der Waals surface area contributed by atoms with Gasteiger partial charge in [0.2, 0.25) is 0 Å². The third-order valence-corrected chi connectivity index (χ3v) is 11.9. The summed E-state index contributed by atoms with van der Waals surface area (Å²) in [7, 11) is 0.251. The fourth-order valence-corrected chi connectivity index (χ4v) is 10.5. The Labute approximate surface area is 224 Å². The Hall–Kier alpha value is -0.110. The lowest BCUT2D eigenvalue weighted by atomic mass is 9.35. The number of hydrogen-bond acceptors (Lipinski definition) is 10. The standard InChI is InChI=1S/C26H46N4O2.ClHO4/c1-23(2)19-15-22-26(18-30-9-13-32-14-10-30)24(3,4)20(28(22)6)16-21(27(19)5)25(23,26)17-29-7-11-31-12-8-29;2-1(3,4)5/h19-22H,7-18H2,1-6H3;(H,2,3,4,5)/t19-,20-,21+,22+,25-,26+;/m1./s1. The summed E-state index contributed by atoms with van der Waals surface area (Å²) in [4.78, 5) is 11.3. The van der Waals surface area contributed by atoms with E-state index in [0.29, 0.717) is 35.0 Å². The Morgan fingerprint density at radius 2 is 0.973 bits per heavy atom. The molecule has 0 amide bonds. The maximum atomic E-state index is 8.60. The van der Waals surface area contributed by atoms with Crippen molar-refractivity contribution in [3.05, 3.63) is 0 Å². The summed E-state index contributed by atoms with van der Waals surface area (Å²) in [6.45, 7) is 21.0. The predicted octanol–water partition coefficient (Wildman–Crippen LogP) is -2.28. The molecule has 6 atom stereocenters. The maximum Gasteiger partial charge on any atom is 0.0777 e. The van der Waals surface area contributed by atoms with E-state index in [2.05, 4.69) is 61.4 Å². The van der Waals surface area contributed by atoms with Crippen LogP contribution < -0.4 is 14.0 Å². The number of nitrogens with zero attached hydrogens (tertiary/aromatic N) is 4. The molecule has 10 nitrogen and oxygen atoms in total. The molecule has 6 fully saturated rings. The van der Waals surface area contributed by atoms with Crippen LogP contribution in [0.3, 0.4) is 0 Å². The Balaban J connectivity index is 0.000000514. The highest BCUT2D eigenvalue weighted by atomic mass is 35.7. The molecular weight excluding hydrogens is 500 g/mol. The predicted molar refractivity (Wildman–Crippen MR) is 129 cm³/mol. The number of halogens is 1. The molecule has 0 radical (unpaired) electrons. The lowest BCUT2D eigenvalue weighted by Crippen LogP contribution is -2.75. The van der Waals surface area contributed by atoms with Crippen molar-refractivity contribution in [3.63, 3.8) is 0 Å². The summed E-state index contributed by atoms with van der Waals surface area (Å²) < 4.78 is 44.3. The number of hydrogen-bond donors (Lipinski definition) is 1. The van der Waals surface area contributed by atoms with E-state index in [1.165, 1.54) is 25.9 Å². The van der Waals surface area contributed by atoms with Crippen LogP contribution in [0.5, 0.6) is 0 Å². The van der Waals surface area contributed by atoms with Gasteiger partial charge in [0.15, 0.2) is 0 Å². The first kappa shape index (κ1) is 28.4. The van der Waals surface area contributed by atoms with E-state index in [4.69, 9.17) is 28.1 Å². The molecule has 2 aliphatic carbocycles. The quantitative estimate of drug-likeness (QED) is 0.413. The van der Waals surface area contributed by atoms with Crippen molar-refractivity contribution in [1.82, 2.24) is 19.6 Å². The van der Waals surface area contributed by atoms with Crippen LogP contribution in [0, 0.1) is 31.9 Å². The molecule has 0 aromatic heterocycles. The highest BCUT2D eigenvalue weighted by molar-refractivity contribution is 5.37. The second-order valence-corrected chi connectivity index (χ2v) is 14.2. The Kier molecular flexibility index (Phi) is 7.28. The van der Waals surface area contributed by atoms with E-state index >= 15 is 0 Å². The van der Waals surface area contributed by atoms with Crippen molar-refractivity contribution >= 4 is 0 Å². The van der Waals surface area contributed by atoms with Gasteiger partial charge in [-0.05, 0) is 37.8 Å². The third-order valence-electron chi connectivity index (χ3n) is 11.9. The van der Waals surface area contributed by atoms with Gasteiger partial charge >= 0.3 is 0 Å². The van der Waals surface area contributed by atoms with Gasteiger partial charge in [0.05, 0.1) is 41.3 Å². The van der Waals surface area contributed by atoms with Crippen LogP contribution in [0.1, 0.15) is 40.5 Å². The molecule has 4 heterocycles. The molecule has 214 valence electrons. The van der Waals surface area contributed by atoms with Gasteiger partial charge in [-0.3, -0.25) is 19.6 Å². The summed E-state index contributed by atoms with van der Waals surface area (Å²) in [5.74, 6) is 0. The molecule has 2 saturated carbocycles. The van der Waals surface area contributed by atoms with Crippen LogP contribution >= 0.6 is 0 Å². The zero-order valence-electron chi connectivity index (χ0n) is 23.4. The van der Waals surface area contributed by atoms with Crippen LogP contribution in [0.15, 0.2) is 0 Å². The van der Waals surface area contributed by atoms with Gasteiger partial charge < -0.3 is 9.47 Å². The number of ether oxygens (including phenoxy) is 2. The number of rotatable bonds is 4. The van der Waals surface area contributed by atoms with Crippen molar-refractivity contribution in [2.24, 2.45) is 21.7 Å². The first-order chi connectivity index (χ1) is 17.2. The van der Waals surface area contributed by atoms with Crippen molar-refractivity contribution in [3.8, 4) is 0 Å². The minimum absolute atomic E-state index is 0.280. The molecule has 37 heavy (non-hydrogen) atoms. The van der Waals surface area contributed by atoms with Crippen LogP contribution in [-0.2, 0) is 9.47 Å². The molecule has 0 spiro atoms. The Morgan fingerprint density at radius 3 is 1.27 bits per heavy atom. The molecule has 4 aliphatic heterocycles. The highest BCUT2D eigenvalue weighted by Gasteiger charge is 2.85. The second kappa shape index (κ2) is 9.48. The third kappa shape index (κ3) is 4.05. The molecule has 0 unspecified atom stereocenters. The Morgan fingerprint density at radius 1 is 0.676 bits per heavy atom. The fraction of sp³-hybridized carbons (Fsp3) is 1.00. The summed E-state index contributed by atoms with van der Waals surface area (Å²) in [6.07, 6.45) is 2.65. The van der Waals surface area contributed by atoms with E-state index in [1.807, 2.05) is 0 Å². The zero-order chi connectivity index (χ0) is 27.0. The molecule has 1 N–H and O–H groups in total. The first-order valence-electron chi connectivity index (χ1n) is 13.9. The van der Waals surface area contributed by atoms with E-state index in [0.717, 1.165) is 52.6 Å². The molecule has 0 aromatic carbocycles. The second-order valence-electron chi connectivity index (χ2n) is 13.4. The molecule has 6 rings (SSSR count). The highest BCUT2D eigenvalue weighted by Crippen LogP contribution is 2.80. The van der Waals surface area contributed by atoms with Crippen molar-refractivity contribution in [1.29, 1.82) is 0 Å². The summed E-state index contributed by atoms with van der Waals surface area (Å²) in [5.41, 5.74) is 1.15. The molecule has 4 saturated heterocycles. The molecule has 11 heteroatoms. The van der Waals surface area contributed by atoms with E-state index < -0.39 is 10.2 Å². The van der Waals surface area contributed by atoms with E-state index in [-0.39, 0.29) is 10.8 Å². The minimum Gasteiger partial charge on any atom is -0.379 e. The summed E-state index contributed by atoms with van der Waals surface area (Å²) in [6, 6.07) is 2.68. The fourth-order valence-electron chi connectivity index (χ4n) is 10.5. The van der Waals surface area contributed by atoms with Gasteiger partial charge in [-0.2, -0.15) is 14.0 Å². The van der Waals surface area contributed by atoms with Crippen molar-refractivity contribution in [2.45, 2.75) is 64.7 Å². The largest absolute Gasteiger partial charge is 0.379 e.